The fourth-order valence-corrected chi connectivity index (χ4v) is 5.84. The number of ketones is 1. The third-order valence-electron chi connectivity index (χ3n) is 8.25. The molecule has 12 nitrogen and oxygen atoms in total. The Morgan fingerprint density at radius 3 is 2.37 bits per heavy atom. The fourth-order valence-electron chi connectivity index (χ4n) is 5.84. The predicted octanol–water partition coefficient (Wildman–Crippen LogP) is 0.700. The van der Waals surface area contributed by atoms with Crippen molar-refractivity contribution in [2.45, 2.75) is 76.9 Å². The molecule has 2 aromatic rings. The SMILES string of the molecule is CC1(C)CCCN(NC(=O)[C@@]2(C)C(=O)CCC(=O)N2C(=O)[C@H](CC(N)=O)NC(=O)[C@@H](N)Cc2ccc3ccccc3c2)C1. The molecule has 2 aliphatic rings. The fraction of sp³-hybridized carbons (Fsp3) is 0.484. The Kier molecular flexibility index (Phi) is 9.31. The van der Waals surface area contributed by atoms with Crippen molar-refractivity contribution in [2.75, 3.05) is 13.1 Å². The molecule has 2 aromatic carbocycles. The summed E-state index contributed by atoms with van der Waals surface area (Å²) in [7, 11) is 0. The first-order chi connectivity index (χ1) is 20.2. The van der Waals surface area contributed by atoms with Crippen molar-refractivity contribution < 1.29 is 28.8 Å². The van der Waals surface area contributed by atoms with Gasteiger partial charge in [-0.15, -0.1) is 0 Å². The lowest BCUT2D eigenvalue weighted by Crippen LogP contribution is -2.71. The topological polar surface area (TPSA) is 185 Å². The van der Waals surface area contributed by atoms with Crippen molar-refractivity contribution in [3.05, 3.63) is 48.0 Å². The summed E-state index contributed by atoms with van der Waals surface area (Å²) in [5, 5.41) is 6.11. The molecule has 2 heterocycles. The number of nitrogens with two attached hydrogens (primary N) is 2. The maximum Gasteiger partial charge on any atom is 0.268 e. The summed E-state index contributed by atoms with van der Waals surface area (Å²) in [5.74, 6) is -5.02. The van der Waals surface area contributed by atoms with Gasteiger partial charge in [0.15, 0.2) is 11.3 Å². The Balaban J connectivity index is 1.54. The van der Waals surface area contributed by atoms with E-state index in [1.165, 1.54) is 6.92 Å². The molecule has 2 fully saturated rings. The smallest absolute Gasteiger partial charge is 0.268 e. The number of hydrogen-bond donors (Lipinski definition) is 4. The van der Waals surface area contributed by atoms with Crippen LogP contribution in [0.4, 0.5) is 0 Å². The van der Waals surface area contributed by atoms with Crippen LogP contribution < -0.4 is 22.2 Å². The van der Waals surface area contributed by atoms with Gasteiger partial charge in [-0.05, 0) is 47.9 Å². The van der Waals surface area contributed by atoms with Gasteiger partial charge in [-0.3, -0.25) is 39.1 Å². The van der Waals surface area contributed by atoms with Crippen LogP contribution >= 0.6 is 0 Å². The molecule has 0 aromatic heterocycles. The quantitative estimate of drug-likeness (QED) is 0.307. The number of nitrogens with one attached hydrogen (secondary N) is 2. The molecule has 2 saturated heterocycles. The number of rotatable bonds is 9. The van der Waals surface area contributed by atoms with Crippen LogP contribution in [0.5, 0.6) is 0 Å². The highest BCUT2D eigenvalue weighted by atomic mass is 16.2. The molecule has 0 saturated carbocycles. The van der Waals surface area contributed by atoms with E-state index in [2.05, 4.69) is 24.6 Å². The Labute approximate surface area is 250 Å². The number of imide groups is 1. The van der Waals surface area contributed by atoms with E-state index in [1.54, 1.807) is 5.01 Å². The second-order valence-corrected chi connectivity index (χ2v) is 12.4. The number of carbonyl (C=O) groups is 6. The van der Waals surface area contributed by atoms with Crippen molar-refractivity contribution in [1.29, 1.82) is 0 Å². The second-order valence-electron chi connectivity index (χ2n) is 12.4. The van der Waals surface area contributed by atoms with Crippen LogP contribution in [-0.4, -0.2) is 75.9 Å². The number of Topliss-reactive ketones (excluding diaryl/α,β-unsaturated/α-hetero) is 1. The highest BCUT2D eigenvalue weighted by Crippen LogP contribution is 2.30. The first-order valence-corrected chi connectivity index (χ1v) is 14.5. The van der Waals surface area contributed by atoms with Crippen LogP contribution in [0.25, 0.3) is 10.8 Å². The van der Waals surface area contributed by atoms with Crippen molar-refractivity contribution >= 4 is 46.1 Å². The lowest BCUT2D eigenvalue weighted by Gasteiger charge is -2.44. The molecule has 3 atom stereocenters. The van der Waals surface area contributed by atoms with Crippen molar-refractivity contribution in [3.63, 3.8) is 0 Å². The first kappa shape index (κ1) is 31.8. The molecule has 0 aliphatic carbocycles. The van der Waals surface area contributed by atoms with Gasteiger partial charge < -0.3 is 16.8 Å². The van der Waals surface area contributed by atoms with E-state index < -0.39 is 59.4 Å². The van der Waals surface area contributed by atoms with Crippen LogP contribution in [-0.2, 0) is 35.2 Å². The molecule has 230 valence electrons. The average molecular weight is 593 g/mol. The highest BCUT2D eigenvalue weighted by molar-refractivity contribution is 6.20. The van der Waals surface area contributed by atoms with E-state index in [0.717, 1.165) is 29.2 Å². The van der Waals surface area contributed by atoms with E-state index in [-0.39, 0.29) is 24.7 Å². The monoisotopic (exact) mass is 592 g/mol. The second kappa shape index (κ2) is 12.6. The molecule has 2 aliphatic heterocycles. The van der Waals surface area contributed by atoms with Gasteiger partial charge in [0.2, 0.25) is 17.7 Å². The minimum Gasteiger partial charge on any atom is -0.370 e. The van der Waals surface area contributed by atoms with Gasteiger partial charge in [0.1, 0.15) is 6.04 Å². The predicted molar refractivity (Wildman–Crippen MR) is 159 cm³/mol. The van der Waals surface area contributed by atoms with E-state index in [4.69, 9.17) is 11.5 Å². The molecule has 0 unspecified atom stereocenters. The molecule has 0 spiro atoms. The Hall–Kier alpha value is -4.16. The van der Waals surface area contributed by atoms with Crippen LogP contribution in [0.1, 0.15) is 58.4 Å². The molecule has 4 rings (SSSR count). The summed E-state index contributed by atoms with van der Waals surface area (Å²) in [4.78, 5) is 79.6. The molecule has 12 heteroatoms. The molecule has 0 radical (unpaired) electrons. The van der Waals surface area contributed by atoms with Crippen molar-refractivity contribution in [1.82, 2.24) is 20.7 Å². The van der Waals surface area contributed by atoms with E-state index in [9.17, 15) is 28.8 Å². The van der Waals surface area contributed by atoms with Gasteiger partial charge in [0.05, 0.1) is 12.5 Å². The number of nitrogens with zero attached hydrogens (tertiary/aromatic N) is 2. The Morgan fingerprint density at radius 1 is 1.00 bits per heavy atom. The Bertz CT molecular complexity index is 1460. The zero-order valence-electron chi connectivity index (χ0n) is 24.9. The number of amides is 5. The van der Waals surface area contributed by atoms with E-state index in [1.807, 2.05) is 42.5 Å². The molecular weight excluding hydrogens is 552 g/mol. The summed E-state index contributed by atoms with van der Waals surface area (Å²) in [6.07, 6.45) is 0.692. The summed E-state index contributed by atoms with van der Waals surface area (Å²) >= 11 is 0. The lowest BCUT2D eigenvalue weighted by molar-refractivity contribution is -0.169. The van der Waals surface area contributed by atoms with E-state index >= 15 is 0 Å². The normalized spacial score (nSPS) is 22.1. The van der Waals surface area contributed by atoms with Gasteiger partial charge in [-0.1, -0.05) is 56.3 Å². The van der Waals surface area contributed by atoms with Gasteiger partial charge in [0.25, 0.3) is 11.8 Å². The number of fused-ring (bicyclic) bond motifs is 1. The summed E-state index contributed by atoms with van der Waals surface area (Å²) in [6.45, 7) is 6.38. The lowest BCUT2D eigenvalue weighted by atomic mass is 9.84. The average Bonchev–Trinajstić information content (AvgIpc) is 2.93. The van der Waals surface area contributed by atoms with Gasteiger partial charge >= 0.3 is 0 Å². The number of piperidine rings is 2. The standard InChI is InChI=1S/C31H40N6O6/c1-30(2)13-6-14-36(18-30)35-29(43)31(3)24(38)11-12-26(40)37(31)28(42)23(17-25(33)39)34-27(41)22(32)16-19-9-10-20-7-4-5-8-21(20)15-19/h4-5,7-10,15,22-23H,6,11-14,16-18,32H2,1-3H3,(H2,33,39)(H,34,41)(H,35,43)/t22-,23-,31+/m0/s1. The number of hydrazine groups is 1. The van der Waals surface area contributed by atoms with Crippen LogP contribution in [0.2, 0.25) is 0 Å². The first-order valence-electron chi connectivity index (χ1n) is 14.5. The minimum atomic E-state index is -2.19. The van der Waals surface area contributed by atoms with Gasteiger partial charge in [-0.25, -0.2) is 5.01 Å². The third-order valence-corrected chi connectivity index (χ3v) is 8.25. The van der Waals surface area contributed by atoms with Crippen LogP contribution in [0.3, 0.4) is 0 Å². The molecular formula is C31H40N6O6. The van der Waals surface area contributed by atoms with Gasteiger partial charge in [0, 0.05) is 25.9 Å². The van der Waals surface area contributed by atoms with Crippen LogP contribution in [0, 0.1) is 5.41 Å². The summed E-state index contributed by atoms with van der Waals surface area (Å²) in [5.41, 5.74) is 12.8. The Morgan fingerprint density at radius 2 is 1.70 bits per heavy atom. The maximum absolute atomic E-state index is 13.9. The van der Waals surface area contributed by atoms with Gasteiger partial charge in [-0.2, -0.15) is 0 Å². The maximum atomic E-state index is 13.9. The zero-order valence-corrected chi connectivity index (χ0v) is 24.9. The van der Waals surface area contributed by atoms with Crippen LogP contribution in [0.15, 0.2) is 42.5 Å². The van der Waals surface area contributed by atoms with Crippen molar-refractivity contribution in [3.8, 4) is 0 Å². The number of carbonyl (C=O) groups excluding carboxylic acids is 6. The number of likely N-dealkylation sites (tertiary alicyclic amines) is 1. The molecule has 6 N–H and O–H groups in total. The van der Waals surface area contributed by atoms with Crippen molar-refractivity contribution in [2.24, 2.45) is 16.9 Å². The highest BCUT2D eigenvalue weighted by Gasteiger charge is 2.55. The summed E-state index contributed by atoms with van der Waals surface area (Å²) in [6, 6.07) is 10.6. The minimum absolute atomic E-state index is 0.0865. The third kappa shape index (κ3) is 7.08. The number of hydrogen-bond acceptors (Lipinski definition) is 8. The summed E-state index contributed by atoms with van der Waals surface area (Å²) < 4.78 is 0. The van der Waals surface area contributed by atoms with E-state index in [0.29, 0.717) is 18.0 Å². The molecule has 0 bridgehead atoms. The number of primary amides is 1. The zero-order chi connectivity index (χ0) is 31.5. The number of benzene rings is 2. The largest absolute Gasteiger partial charge is 0.370 e. The molecule has 5 amide bonds. The molecule has 43 heavy (non-hydrogen) atoms.